The predicted molar refractivity (Wildman–Crippen MR) is 79.1 cm³/mol. The van der Waals surface area contributed by atoms with E-state index in [1.165, 1.54) is 9.88 Å². The van der Waals surface area contributed by atoms with E-state index in [0.717, 1.165) is 26.1 Å². The summed E-state index contributed by atoms with van der Waals surface area (Å²) in [6.45, 7) is 10.4. The number of thiazole rings is 1. The molecule has 3 nitrogen and oxygen atoms in total. The SMILES string of the molecule is Cc1cnc(C2(NSC(C)(C)C)CCOCC2)s1. The van der Waals surface area contributed by atoms with Crippen molar-refractivity contribution in [2.45, 2.75) is 50.8 Å². The summed E-state index contributed by atoms with van der Waals surface area (Å²) in [6, 6.07) is 0. The van der Waals surface area contributed by atoms with Gasteiger partial charge in [0.1, 0.15) is 5.01 Å². The summed E-state index contributed by atoms with van der Waals surface area (Å²) in [5, 5.41) is 1.21. The summed E-state index contributed by atoms with van der Waals surface area (Å²) in [7, 11) is 0. The molecule has 1 aromatic rings. The molecule has 0 spiro atoms. The van der Waals surface area contributed by atoms with E-state index in [4.69, 9.17) is 4.74 Å². The number of nitrogens with one attached hydrogen (secondary N) is 1. The Morgan fingerprint density at radius 3 is 2.56 bits per heavy atom. The van der Waals surface area contributed by atoms with Gasteiger partial charge >= 0.3 is 0 Å². The van der Waals surface area contributed by atoms with Crippen molar-refractivity contribution in [2.75, 3.05) is 13.2 Å². The van der Waals surface area contributed by atoms with Crippen molar-refractivity contribution in [1.82, 2.24) is 9.71 Å². The van der Waals surface area contributed by atoms with Crippen molar-refractivity contribution in [3.63, 3.8) is 0 Å². The molecule has 1 saturated heterocycles. The van der Waals surface area contributed by atoms with Crippen LogP contribution in [-0.4, -0.2) is 22.9 Å². The Morgan fingerprint density at radius 2 is 2.06 bits per heavy atom. The molecule has 0 amide bonds. The van der Waals surface area contributed by atoms with Gasteiger partial charge in [0, 0.05) is 29.0 Å². The maximum atomic E-state index is 5.51. The van der Waals surface area contributed by atoms with Gasteiger partial charge in [-0.15, -0.1) is 11.3 Å². The number of rotatable bonds is 3. The maximum Gasteiger partial charge on any atom is 0.114 e. The second-order valence-electron chi connectivity index (χ2n) is 5.79. The van der Waals surface area contributed by atoms with Crippen LogP contribution in [0.5, 0.6) is 0 Å². The molecular weight excluding hydrogens is 264 g/mol. The highest BCUT2D eigenvalue weighted by molar-refractivity contribution is 7.98. The molecule has 5 heteroatoms. The van der Waals surface area contributed by atoms with E-state index in [-0.39, 0.29) is 10.3 Å². The first-order valence-electron chi connectivity index (χ1n) is 6.37. The van der Waals surface area contributed by atoms with Crippen LogP contribution in [0.1, 0.15) is 43.5 Å². The molecule has 0 saturated carbocycles. The van der Waals surface area contributed by atoms with Crippen molar-refractivity contribution in [3.05, 3.63) is 16.1 Å². The lowest BCUT2D eigenvalue weighted by Gasteiger charge is -2.37. The van der Waals surface area contributed by atoms with E-state index in [0.29, 0.717) is 0 Å². The minimum Gasteiger partial charge on any atom is -0.381 e. The summed E-state index contributed by atoms with van der Waals surface area (Å²) in [4.78, 5) is 5.88. The lowest BCUT2D eigenvalue weighted by Crippen LogP contribution is -2.44. The fraction of sp³-hybridized carbons (Fsp3) is 0.769. The van der Waals surface area contributed by atoms with Crippen LogP contribution in [0.2, 0.25) is 0 Å². The molecule has 0 aliphatic carbocycles. The predicted octanol–water partition coefficient (Wildman–Crippen LogP) is 3.49. The second kappa shape index (κ2) is 5.49. The normalized spacial score (nSPS) is 20.0. The molecule has 102 valence electrons. The van der Waals surface area contributed by atoms with Gasteiger partial charge in [-0.05, 0) is 40.5 Å². The zero-order valence-electron chi connectivity index (χ0n) is 11.6. The first-order chi connectivity index (χ1) is 8.41. The van der Waals surface area contributed by atoms with Crippen LogP contribution < -0.4 is 4.72 Å². The third kappa shape index (κ3) is 3.47. The average molecular weight is 286 g/mol. The molecule has 1 fully saturated rings. The minimum absolute atomic E-state index is 0.00484. The fourth-order valence-corrected chi connectivity index (χ4v) is 3.74. The van der Waals surface area contributed by atoms with Crippen LogP contribution in [0.3, 0.4) is 0 Å². The zero-order chi connectivity index (χ0) is 13.2. The van der Waals surface area contributed by atoms with Gasteiger partial charge in [-0.3, -0.25) is 4.72 Å². The molecule has 0 radical (unpaired) electrons. The Morgan fingerprint density at radius 1 is 1.39 bits per heavy atom. The molecule has 0 aromatic carbocycles. The van der Waals surface area contributed by atoms with Crippen LogP contribution in [0, 0.1) is 6.92 Å². The van der Waals surface area contributed by atoms with E-state index in [2.05, 4.69) is 37.4 Å². The molecule has 2 heterocycles. The van der Waals surface area contributed by atoms with Gasteiger partial charge in [0.2, 0.25) is 0 Å². The quantitative estimate of drug-likeness (QED) is 0.863. The maximum absolute atomic E-state index is 5.51. The lowest BCUT2D eigenvalue weighted by molar-refractivity contribution is 0.0467. The van der Waals surface area contributed by atoms with Crippen molar-refractivity contribution >= 4 is 23.3 Å². The number of aryl methyl sites for hydroxylation is 1. The number of nitrogens with zero attached hydrogens (tertiary/aromatic N) is 1. The summed E-state index contributed by atoms with van der Waals surface area (Å²) in [6.07, 6.45) is 3.98. The van der Waals surface area contributed by atoms with Gasteiger partial charge in [0.15, 0.2) is 0 Å². The fourth-order valence-electron chi connectivity index (χ4n) is 1.91. The highest BCUT2D eigenvalue weighted by atomic mass is 32.2. The molecule has 18 heavy (non-hydrogen) atoms. The molecule has 1 aliphatic heterocycles. The van der Waals surface area contributed by atoms with Gasteiger partial charge in [-0.1, -0.05) is 11.9 Å². The smallest absolute Gasteiger partial charge is 0.114 e. The first kappa shape index (κ1) is 14.3. The van der Waals surface area contributed by atoms with Gasteiger partial charge < -0.3 is 4.74 Å². The molecule has 0 bridgehead atoms. The first-order valence-corrected chi connectivity index (χ1v) is 8.00. The number of ether oxygens (including phenoxy) is 1. The molecule has 0 atom stereocenters. The number of aromatic nitrogens is 1. The minimum atomic E-state index is -0.00484. The Balaban J connectivity index is 2.17. The van der Waals surface area contributed by atoms with Crippen molar-refractivity contribution in [1.29, 1.82) is 0 Å². The van der Waals surface area contributed by atoms with Gasteiger partial charge in [-0.2, -0.15) is 0 Å². The van der Waals surface area contributed by atoms with Crippen LogP contribution in [0.15, 0.2) is 6.20 Å². The standard InChI is InChI=1S/C13H22N2OS2/c1-10-9-14-11(17-10)13(5-7-16-8-6-13)15-18-12(2,3)4/h9,15H,5-8H2,1-4H3. The summed E-state index contributed by atoms with van der Waals surface area (Å²) >= 11 is 3.61. The van der Waals surface area contributed by atoms with E-state index in [9.17, 15) is 0 Å². The number of hydrogen-bond donors (Lipinski definition) is 1. The molecule has 2 rings (SSSR count). The van der Waals surface area contributed by atoms with Crippen molar-refractivity contribution in [2.24, 2.45) is 0 Å². The molecule has 1 aromatic heterocycles. The van der Waals surface area contributed by atoms with Crippen LogP contribution in [0.25, 0.3) is 0 Å². The van der Waals surface area contributed by atoms with E-state index in [1.807, 2.05) is 6.20 Å². The Bertz CT molecular complexity index is 392. The Hall–Kier alpha value is -0.100. The average Bonchev–Trinajstić information content (AvgIpc) is 2.74. The van der Waals surface area contributed by atoms with Crippen molar-refractivity contribution in [3.8, 4) is 0 Å². The Kier molecular flexibility index (Phi) is 4.36. The van der Waals surface area contributed by atoms with Gasteiger partial charge in [-0.25, -0.2) is 4.98 Å². The van der Waals surface area contributed by atoms with Crippen molar-refractivity contribution < 1.29 is 4.74 Å². The lowest BCUT2D eigenvalue weighted by atomic mass is 9.92. The highest BCUT2D eigenvalue weighted by Crippen LogP contribution is 2.38. The number of hydrogen-bond acceptors (Lipinski definition) is 5. The molecule has 1 N–H and O–H groups in total. The summed E-state index contributed by atoms with van der Waals surface area (Å²) in [5.74, 6) is 0. The van der Waals surface area contributed by atoms with Gasteiger partial charge in [0.05, 0.1) is 5.54 Å². The Labute approximate surface area is 118 Å². The summed E-state index contributed by atoms with van der Waals surface area (Å²) in [5.41, 5.74) is -0.00484. The van der Waals surface area contributed by atoms with E-state index < -0.39 is 0 Å². The topological polar surface area (TPSA) is 34.2 Å². The van der Waals surface area contributed by atoms with Crippen LogP contribution in [0.4, 0.5) is 0 Å². The molecule has 0 unspecified atom stereocenters. The molecule has 1 aliphatic rings. The van der Waals surface area contributed by atoms with E-state index in [1.54, 1.807) is 23.3 Å². The van der Waals surface area contributed by atoms with Crippen LogP contribution >= 0.6 is 23.3 Å². The second-order valence-corrected chi connectivity index (χ2v) is 8.65. The van der Waals surface area contributed by atoms with Gasteiger partial charge in [0.25, 0.3) is 0 Å². The van der Waals surface area contributed by atoms with Crippen LogP contribution in [-0.2, 0) is 10.3 Å². The zero-order valence-corrected chi connectivity index (χ0v) is 13.2. The summed E-state index contributed by atoms with van der Waals surface area (Å²) < 4.78 is 9.41. The van der Waals surface area contributed by atoms with E-state index >= 15 is 0 Å². The highest BCUT2D eigenvalue weighted by Gasteiger charge is 2.38. The monoisotopic (exact) mass is 286 g/mol. The largest absolute Gasteiger partial charge is 0.381 e. The third-order valence-corrected chi connectivity index (χ3v) is 5.15. The third-order valence-electron chi connectivity index (χ3n) is 2.93. The molecular formula is C13H22N2OS2.